The lowest BCUT2D eigenvalue weighted by molar-refractivity contribution is -0.139. The Hall–Kier alpha value is -3.23. The van der Waals surface area contributed by atoms with Crippen LogP contribution < -0.4 is 20.1 Å². The van der Waals surface area contributed by atoms with Crippen molar-refractivity contribution in [3.05, 3.63) is 58.4 Å². The van der Waals surface area contributed by atoms with Gasteiger partial charge in [-0.15, -0.1) is 11.3 Å². The van der Waals surface area contributed by atoms with Gasteiger partial charge in [0.25, 0.3) is 5.91 Å². The van der Waals surface area contributed by atoms with Crippen molar-refractivity contribution in [1.29, 1.82) is 0 Å². The van der Waals surface area contributed by atoms with Crippen molar-refractivity contribution < 1.29 is 24.2 Å². The number of benzene rings is 2. The SMILES string of the molecule is CNc1cc(-c2ccc(Cl)cc2)sc1C(=O)Nc1ccc(OCC(=O)O)c(OC)c1. The van der Waals surface area contributed by atoms with Crippen molar-refractivity contribution in [3.8, 4) is 21.9 Å². The average molecular weight is 447 g/mol. The van der Waals surface area contributed by atoms with Gasteiger partial charge in [-0.3, -0.25) is 4.79 Å². The maximum absolute atomic E-state index is 12.9. The van der Waals surface area contributed by atoms with Gasteiger partial charge in [-0.1, -0.05) is 23.7 Å². The van der Waals surface area contributed by atoms with Crippen molar-refractivity contribution in [2.75, 3.05) is 31.4 Å². The summed E-state index contributed by atoms with van der Waals surface area (Å²) in [5.41, 5.74) is 2.15. The number of carboxylic acid groups (broad SMARTS) is 1. The molecule has 3 rings (SSSR count). The molecule has 0 atom stereocenters. The van der Waals surface area contributed by atoms with Crippen molar-refractivity contribution >= 4 is 46.2 Å². The third-order valence-electron chi connectivity index (χ3n) is 4.11. The Morgan fingerprint density at radius 3 is 2.47 bits per heavy atom. The van der Waals surface area contributed by atoms with Crippen LogP contribution >= 0.6 is 22.9 Å². The molecular weight excluding hydrogens is 428 g/mol. The van der Waals surface area contributed by atoms with E-state index in [4.69, 9.17) is 26.2 Å². The monoisotopic (exact) mass is 446 g/mol. The molecule has 156 valence electrons. The Balaban J connectivity index is 1.81. The first kappa shape index (κ1) is 21.5. The van der Waals surface area contributed by atoms with Crippen LogP contribution in [0, 0.1) is 0 Å². The number of nitrogens with one attached hydrogen (secondary N) is 2. The number of methoxy groups -OCH3 is 1. The molecule has 0 aliphatic heterocycles. The minimum Gasteiger partial charge on any atom is -0.493 e. The number of carbonyl (C=O) groups is 2. The van der Waals surface area contributed by atoms with Gasteiger partial charge in [0.15, 0.2) is 18.1 Å². The van der Waals surface area contributed by atoms with E-state index in [1.807, 2.05) is 18.2 Å². The second kappa shape index (κ2) is 9.51. The molecule has 0 saturated heterocycles. The number of hydrogen-bond acceptors (Lipinski definition) is 6. The van der Waals surface area contributed by atoms with Gasteiger partial charge in [0.1, 0.15) is 4.88 Å². The standard InChI is InChI=1S/C21H19ClN2O5S/c1-23-15-10-18(12-3-5-13(22)6-4-12)30-20(15)21(27)24-14-7-8-16(17(9-14)28-2)29-11-19(25)26/h3-10,23H,11H2,1-2H3,(H,24,27)(H,25,26). The fourth-order valence-corrected chi connectivity index (χ4v) is 3.89. The third kappa shape index (κ3) is 5.03. The van der Waals surface area contributed by atoms with Gasteiger partial charge in [0.05, 0.1) is 12.8 Å². The first-order valence-electron chi connectivity index (χ1n) is 8.82. The van der Waals surface area contributed by atoms with E-state index < -0.39 is 12.6 Å². The van der Waals surface area contributed by atoms with Crippen LogP contribution in [0.25, 0.3) is 10.4 Å². The normalized spacial score (nSPS) is 10.4. The Labute approximate surface area is 182 Å². The van der Waals surface area contributed by atoms with Crippen LogP contribution in [0.5, 0.6) is 11.5 Å². The lowest BCUT2D eigenvalue weighted by atomic mass is 10.2. The average Bonchev–Trinajstić information content (AvgIpc) is 3.17. The summed E-state index contributed by atoms with van der Waals surface area (Å²) in [5.74, 6) is -0.792. The second-order valence-corrected chi connectivity index (χ2v) is 7.60. The first-order valence-corrected chi connectivity index (χ1v) is 10.0. The summed E-state index contributed by atoms with van der Waals surface area (Å²) in [6.45, 7) is -0.490. The van der Waals surface area contributed by atoms with Gasteiger partial charge in [0, 0.05) is 28.7 Å². The summed E-state index contributed by atoms with van der Waals surface area (Å²) in [6.07, 6.45) is 0. The molecule has 0 aliphatic carbocycles. The molecule has 1 heterocycles. The Kier molecular flexibility index (Phi) is 6.81. The molecule has 0 unspecified atom stereocenters. The summed E-state index contributed by atoms with van der Waals surface area (Å²) in [5, 5.41) is 15.3. The van der Waals surface area contributed by atoms with Crippen molar-refractivity contribution in [2.45, 2.75) is 0 Å². The number of rotatable bonds is 8. The maximum Gasteiger partial charge on any atom is 0.341 e. The zero-order valence-electron chi connectivity index (χ0n) is 16.2. The highest BCUT2D eigenvalue weighted by Crippen LogP contribution is 2.36. The topological polar surface area (TPSA) is 96.9 Å². The zero-order chi connectivity index (χ0) is 21.7. The van der Waals surface area contributed by atoms with E-state index in [1.165, 1.54) is 18.4 Å². The number of halogens is 1. The second-order valence-electron chi connectivity index (χ2n) is 6.11. The van der Waals surface area contributed by atoms with Crippen LogP contribution in [0.1, 0.15) is 9.67 Å². The molecule has 2 aromatic carbocycles. The summed E-state index contributed by atoms with van der Waals surface area (Å²) in [4.78, 5) is 25.0. The lowest BCUT2D eigenvalue weighted by Crippen LogP contribution is -2.13. The molecule has 1 amide bonds. The van der Waals surface area contributed by atoms with E-state index in [-0.39, 0.29) is 11.7 Å². The fourth-order valence-electron chi connectivity index (χ4n) is 2.69. The first-order chi connectivity index (χ1) is 14.4. The third-order valence-corrected chi connectivity index (χ3v) is 5.54. The van der Waals surface area contributed by atoms with Crippen molar-refractivity contribution in [1.82, 2.24) is 0 Å². The highest BCUT2D eigenvalue weighted by Gasteiger charge is 2.18. The van der Waals surface area contributed by atoms with Crippen LogP contribution in [0.2, 0.25) is 5.02 Å². The minimum atomic E-state index is -1.09. The summed E-state index contributed by atoms with van der Waals surface area (Å²) >= 11 is 7.31. The van der Waals surface area contributed by atoms with Gasteiger partial charge in [-0.25, -0.2) is 4.79 Å². The summed E-state index contributed by atoms with van der Waals surface area (Å²) < 4.78 is 10.4. The molecule has 0 aliphatic rings. The number of aliphatic carboxylic acids is 1. The van der Waals surface area contributed by atoms with E-state index in [2.05, 4.69) is 10.6 Å². The number of ether oxygens (including phenoxy) is 2. The maximum atomic E-state index is 12.9. The van der Waals surface area contributed by atoms with Gasteiger partial charge < -0.3 is 25.2 Å². The number of carboxylic acids is 1. The molecular formula is C21H19ClN2O5S. The van der Waals surface area contributed by atoms with Crippen LogP contribution in [0.4, 0.5) is 11.4 Å². The minimum absolute atomic E-state index is 0.273. The molecule has 9 heteroatoms. The molecule has 0 saturated carbocycles. The van der Waals surface area contributed by atoms with Crippen LogP contribution in [-0.4, -0.2) is 37.7 Å². The smallest absolute Gasteiger partial charge is 0.341 e. The van der Waals surface area contributed by atoms with Crippen molar-refractivity contribution in [3.63, 3.8) is 0 Å². The molecule has 0 fully saturated rings. The van der Waals surface area contributed by atoms with Crippen LogP contribution in [0.3, 0.4) is 0 Å². The zero-order valence-corrected chi connectivity index (χ0v) is 17.8. The highest BCUT2D eigenvalue weighted by molar-refractivity contribution is 7.18. The Bertz CT molecular complexity index is 1070. The number of anilines is 2. The fraction of sp³-hybridized carbons (Fsp3) is 0.143. The summed E-state index contributed by atoms with van der Waals surface area (Å²) in [6, 6.07) is 14.0. The molecule has 1 aromatic heterocycles. The van der Waals surface area contributed by atoms with Crippen LogP contribution in [0.15, 0.2) is 48.5 Å². The van der Waals surface area contributed by atoms with E-state index >= 15 is 0 Å². The number of thiophene rings is 1. The van der Waals surface area contributed by atoms with Gasteiger partial charge in [0.2, 0.25) is 0 Å². The van der Waals surface area contributed by atoms with E-state index in [0.717, 1.165) is 10.4 Å². The highest BCUT2D eigenvalue weighted by atomic mass is 35.5. The van der Waals surface area contributed by atoms with Gasteiger partial charge >= 0.3 is 5.97 Å². The van der Waals surface area contributed by atoms with Gasteiger partial charge in [-0.05, 0) is 35.9 Å². The molecule has 7 nitrogen and oxygen atoms in total. The predicted molar refractivity (Wildman–Crippen MR) is 118 cm³/mol. The molecule has 30 heavy (non-hydrogen) atoms. The van der Waals surface area contributed by atoms with E-state index in [9.17, 15) is 9.59 Å². The lowest BCUT2D eigenvalue weighted by Gasteiger charge is -2.12. The molecule has 3 aromatic rings. The molecule has 3 N–H and O–H groups in total. The number of hydrogen-bond donors (Lipinski definition) is 3. The molecule has 0 radical (unpaired) electrons. The number of amides is 1. The predicted octanol–water partition coefficient (Wildman–Crippen LogP) is 4.83. The Morgan fingerprint density at radius 2 is 1.83 bits per heavy atom. The van der Waals surface area contributed by atoms with Gasteiger partial charge in [-0.2, -0.15) is 0 Å². The van der Waals surface area contributed by atoms with Crippen LogP contribution in [-0.2, 0) is 4.79 Å². The summed E-state index contributed by atoms with van der Waals surface area (Å²) in [7, 11) is 3.19. The van der Waals surface area contributed by atoms with E-state index in [0.29, 0.717) is 27.0 Å². The molecule has 0 spiro atoms. The van der Waals surface area contributed by atoms with Crippen molar-refractivity contribution in [2.24, 2.45) is 0 Å². The van der Waals surface area contributed by atoms with E-state index in [1.54, 1.807) is 37.4 Å². The quantitative estimate of drug-likeness (QED) is 0.458. The Morgan fingerprint density at radius 1 is 1.10 bits per heavy atom. The largest absolute Gasteiger partial charge is 0.493 e. The number of carbonyl (C=O) groups excluding carboxylic acids is 1. The molecule has 0 bridgehead atoms.